The summed E-state index contributed by atoms with van der Waals surface area (Å²) < 4.78 is 0. The van der Waals surface area contributed by atoms with Gasteiger partial charge in [-0.05, 0) is 40.2 Å². The summed E-state index contributed by atoms with van der Waals surface area (Å²) in [6.07, 6.45) is 0. The summed E-state index contributed by atoms with van der Waals surface area (Å²) in [5.41, 5.74) is 3.32. The van der Waals surface area contributed by atoms with Crippen LogP contribution in [-0.4, -0.2) is 23.1 Å². The summed E-state index contributed by atoms with van der Waals surface area (Å²) in [6, 6.07) is 0.427. The Morgan fingerprint density at radius 2 is 1.43 bits per heavy atom. The van der Waals surface area contributed by atoms with E-state index in [1.807, 2.05) is 20.9 Å². The summed E-state index contributed by atoms with van der Waals surface area (Å²) in [5.74, 6) is 0.820. The van der Waals surface area contributed by atoms with Gasteiger partial charge in [-0.1, -0.05) is 0 Å². The minimum Gasteiger partial charge on any atom is -0.341 e. The molecule has 0 bridgehead atoms. The smallest absolute Gasteiger partial charge is 0.225 e. The third-order valence-electron chi connectivity index (χ3n) is 2.71. The van der Waals surface area contributed by atoms with Crippen molar-refractivity contribution in [3.05, 3.63) is 17.0 Å². The third kappa shape index (κ3) is 2.03. The lowest BCUT2D eigenvalue weighted by Gasteiger charge is -2.22. The Bertz CT molecular complexity index is 308. The van der Waals surface area contributed by atoms with Gasteiger partial charge in [0, 0.05) is 24.5 Å². The molecular weight excluding hydrogens is 174 g/mol. The van der Waals surface area contributed by atoms with E-state index in [1.165, 1.54) is 5.56 Å². The number of nitrogens with zero attached hydrogens (tertiary/aromatic N) is 3. The van der Waals surface area contributed by atoms with Gasteiger partial charge >= 0.3 is 0 Å². The van der Waals surface area contributed by atoms with Gasteiger partial charge in [-0.2, -0.15) is 0 Å². The van der Waals surface area contributed by atoms with E-state index in [0.717, 1.165) is 17.3 Å². The van der Waals surface area contributed by atoms with Gasteiger partial charge in [0.05, 0.1) is 0 Å². The minimum absolute atomic E-state index is 0.427. The Hall–Kier alpha value is -1.12. The molecule has 0 fully saturated rings. The molecule has 3 nitrogen and oxygen atoms in total. The van der Waals surface area contributed by atoms with E-state index in [9.17, 15) is 0 Å². The summed E-state index contributed by atoms with van der Waals surface area (Å²) in [6.45, 7) is 10.4. The minimum atomic E-state index is 0.427. The largest absolute Gasteiger partial charge is 0.341 e. The molecule has 0 aromatic carbocycles. The van der Waals surface area contributed by atoms with Crippen molar-refractivity contribution < 1.29 is 0 Å². The zero-order valence-corrected chi connectivity index (χ0v) is 9.92. The van der Waals surface area contributed by atoms with E-state index >= 15 is 0 Å². The van der Waals surface area contributed by atoms with Crippen molar-refractivity contribution in [2.45, 2.75) is 40.7 Å². The molecule has 0 aliphatic rings. The Morgan fingerprint density at radius 3 is 1.79 bits per heavy atom. The van der Waals surface area contributed by atoms with Gasteiger partial charge < -0.3 is 4.90 Å². The molecule has 0 saturated carbocycles. The molecule has 0 aliphatic heterocycles. The Balaban J connectivity index is 3.12. The molecule has 0 N–H and O–H groups in total. The molecule has 3 heteroatoms. The second-order valence-electron chi connectivity index (χ2n) is 4.02. The number of rotatable bonds is 2. The number of aryl methyl sites for hydroxylation is 2. The quantitative estimate of drug-likeness (QED) is 0.721. The van der Waals surface area contributed by atoms with E-state index < -0.39 is 0 Å². The fourth-order valence-electron chi connectivity index (χ4n) is 1.14. The normalized spacial score (nSPS) is 10.8. The fourth-order valence-corrected chi connectivity index (χ4v) is 1.14. The molecule has 0 saturated heterocycles. The molecular formula is C11H19N3. The lowest BCUT2D eigenvalue weighted by atomic mass is 10.2. The SMILES string of the molecule is Cc1nc(N(C)C(C)C)nc(C)c1C. The molecule has 78 valence electrons. The van der Waals surface area contributed by atoms with E-state index in [2.05, 4.69) is 35.6 Å². The van der Waals surface area contributed by atoms with Gasteiger partial charge in [-0.3, -0.25) is 0 Å². The molecule has 1 aromatic rings. The van der Waals surface area contributed by atoms with Crippen LogP contribution < -0.4 is 4.90 Å². The van der Waals surface area contributed by atoms with Crippen molar-refractivity contribution in [2.75, 3.05) is 11.9 Å². The number of aromatic nitrogens is 2. The Morgan fingerprint density at radius 1 is 1.00 bits per heavy atom. The molecule has 0 aliphatic carbocycles. The third-order valence-corrected chi connectivity index (χ3v) is 2.71. The molecule has 1 rings (SSSR count). The fraction of sp³-hybridized carbons (Fsp3) is 0.636. The lowest BCUT2D eigenvalue weighted by Crippen LogP contribution is -2.28. The summed E-state index contributed by atoms with van der Waals surface area (Å²) in [4.78, 5) is 11.0. The van der Waals surface area contributed by atoms with E-state index in [4.69, 9.17) is 0 Å². The molecule has 1 heterocycles. The van der Waals surface area contributed by atoms with E-state index in [1.54, 1.807) is 0 Å². The molecule has 0 unspecified atom stereocenters. The van der Waals surface area contributed by atoms with Crippen LogP contribution in [0.4, 0.5) is 5.95 Å². The Kier molecular flexibility index (Phi) is 3.09. The van der Waals surface area contributed by atoms with Crippen molar-refractivity contribution in [2.24, 2.45) is 0 Å². The van der Waals surface area contributed by atoms with Crippen LogP contribution in [0.25, 0.3) is 0 Å². The monoisotopic (exact) mass is 193 g/mol. The standard InChI is InChI=1S/C11H19N3/c1-7(2)14(6)11-12-9(4)8(3)10(5)13-11/h7H,1-6H3. The predicted molar refractivity (Wildman–Crippen MR) is 59.8 cm³/mol. The highest BCUT2D eigenvalue weighted by atomic mass is 15.2. The first-order valence-electron chi connectivity index (χ1n) is 4.98. The van der Waals surface area contributed by atoms with Gasteiger partial charge in [0.2, 0.25) is 5.95 Å². The van der Waals surface area contributed by atoms with Crippen molar-refractivity contribution in [3.63, 3.8) is 0 Å². The van der Waals surface area contributed by atoms with Crippen molar-refractivity contribution in [1.82, 2.24) is 9.97 Å². The van der Waals surface area contributed by atoms with Crippen molar-refractivity contribution >= 4 is 5.95 Å². The first-order valence-corrected chi connectivity index (χ1v) is 4.98. The van der Waals surface area contributed by atoms with Gasteiger partial charge in [-0.25, -0.2) is 9.97 Å². The molecule has 0 amide bonds. The van der Waals surface area contributed by atoms with Gasteiger partial charge in [-0.15, -0.1) is 0 Å². The van der Waals surface area contributed by atoms with Crippen LogP contribution in [0.1, 0.15) is 30.8 Å². The summed E-state index contributed by atoms with van der Waals surface area (Å²) in [5, 5.41) is 0. The molecule has 0 atom stereocenters. The molecule has 0 radical (unpaired) electrons. The maximum atomic E-state index is 4.47. The van der Waals surface area contributed by atoms with E-state index in [-0.39, 0.29) is 0 Å². The van der Waals surface area contributed by atoms with Crippen LogP contribution in [0.2, 0.25) is 0 Å². The van der Waals surface area contributed by atoms with Crippen LogP contribution in [-0.2, 0) is 0 Å². The highest BCUT2D eigenvalue weighted by Gasteiger charge is 2.10. The second kappa shape index (κ2) is 3.95. The number of hydrogen-bond donors (Lipinski definition) is 0. The van der Waals surface area contributed by atoms with E-state index in [0.29, 0.717) is 6.04 Å². The average Bonchev–Trinajstić information content (AvgIpc) is 2.12. The summed E-state index contributed by atoms with van der Waals surface area (Å²) in [7, 11) is 2.02. The maximum absolute atomic E-state index is 4.47. The lowest BCUT2D eigenvalue weighted by molar-refractivity contribution is 0.723. The summed E-state index contributed by atoms with van der Waals surface area (Å²) >= 11 is 0. The van der Waals surface area contributed by atoms with Gasteiger partial charge in [0.1, 0.15) is 0 Å². The second-order valence-corrected chi connectivity index (χ2v) is 4.02. The highest BCUT2D eigenvalue weighted by molar-refractivity contribution is 5.35. The van der Waals surface area contributed by atoms with Crippen LogP contribution in [0.15, 0.2) is 0 Å². The zero-order valence-electron chi connectivity index (χ0n) is 9.92. The van der Waals surface area contributed by atoms with Crippen LogP contribution >= 0.6 is 0 Å². The average molecular weight is 193 g/mol. The van der Waals surface area contributed by atoms with Crippen molar-refractivity contribution in [1.29, 1.82) is 0 Å². The predicted octanol–water partition coefficient (Wildman–Crippen LogP) is 2.25. The van der Waals surface area contributed by atoms with Crippen LogP contribution in [0, 0.1) is 20.8 Å². The maximum Gasteiger partial charge on any atom is 0.225 e. The highest BCUT2D eigenvalue weighted by Crippen LogP contribution is 2.14. The van der Waals surface area contributed by atoms with Gasteiger partial charge in [0.25, 0.3) is 0 Å². The first kappa shape index (κ1) is 11.0. The number of anilines is 1. The van der Waals surface area contributed by atoms with Gasteiger partial charge in [0.15, 0.2) is 0 Å². The Labute approximate surface area is 86.2 Å². The molecule has 0 spiro atoms. The van der Waals surface area contributed by atoms with Crippen LogP contribution in [0.3, 0.4) is 0 Å². The van der Waals surface area contributed by atoms with Crippen molar-refractivity contribution in [3.8, 4) is 0 Å². The zero-order chi connectivity index (χ0) is 10.9. The molecule has 14 heavy (non-hydrogen) atoms. The van der Waals surface area contributed by atoms with Crippen LogP contribution in [0.5, 0.6) is 0 Å². The molecule has 1 aromatic heterocycles. The number of hydrogen-bond acceptors (Lipinski definition) is 3. The topological polar surface area (TPSA) is 29.0 Å². The first-order chi connectivity index (χ1) is 6.43.